The van der Waals surface area contributed by atoms with Crippen molar-refractivity contribution in [2.24, 2.45) is 5.73 Å². The van der Waals surface area contributed by atoms with E-state index >= 15 is 0 Å². The molecule has 0 unspecified atom stereocenters. The summed E-state index contributed by atoms with van der Waals surface area (Å²) in [7, 11) is 0. The zero-order valence-corrected chi connectivity index (χ0v) is 10.4. The molecular weight excluding hydrogens is 198 g/mol. The van der Waals surface area contributed by atoms with Gasteiger partial charge in [-0.1, -0.05) is 19.9 Å². The fraction of sp³-hybridized carbons (Fsp3) is 0.571. The second-order valence-corrected chi connectivity index (χ2v) is 4.98. The maximum Gasteiger partial charge on any atom is 0.124 e. The number of aryl methyl sites for hydroxylation is 1. The van der Waals surface area contributed by atoms with Crippen LogP contribution in [0.25, 0.3) is 0 Å². The number of hydrogen-bond acceptors (Lipinski definition) is 2. The first kappa shape index (κ1) is 11.5. The van der Waals surface area contributed by atoms with Gasteiger partial charge in [-0.2, -0.15) is 0 Å². The minimum Gasteiger partial charge on any atom is -0.507 e. The Kier molecular flexibility index (Phi) is 2.94. The van der Waals surface area contributed by atoms with Crippen LogP contribution in [0, 0.1) is 6.92 Å². The van der Waals surface area contributed by atoms with Crippen LogP contribution in [0.3, 0.4) is 0 Å². The van der Waals surface area contributed by atoms with Crippen molar-refractivity contribution in [2.75, 3.05) is 0 Å². The highest BCUT2D eigenvalue weighted by Gasteiger charge is 2.27. The number of phenolic OH excluding ortho intramolecular Hbond substituents is 1. The lowest BCUT2D eigenvalue weighted by Crippen LogP contribution is -2.07. The number of benzene rings is 1. The first-order valence-corrected chi connectivity index (χ1v) is 6.17. The van der Waals surface area contributed by atoms with Crippen molar-refractivity contribution in [1.82, 2.24) is 0 Å². The third-order valence-corrected chi connectivity index (χ3v) is 3.92. The summed E-state index contributed by atoms with van der Waals surface area (Å²) < 4.78 is 0. The van der Waals surface area contributed by atoms with E-state index in [1.165, 1.54) is 11.1 Å². The molecule has 0 aliphatic heterocycles. The maximum absolute atomic E-state index is 10.3. The SMILES string of the molecule is CC[C@H](C)c1cc(C)c2c(c1O)[C@H](N)CC2. The molecule has 3 N–H and O–H groups in total. The van der Waals surface area contributed by atoms with Crippen molar-refractivity contribution in [2.45, 2.75) is 52.0 Å². The zero-order valence-electron chi connectivity index (χ0n) is 10.4. The lowest BCUT2D eigenvalue weighted by atomic mass is 9.90. The topological polar surface area (TPSA) is 46.2 Å². The molecule has 1 aromatic carbocycles. The van der Waals surface area contributed by atoms with Gasteiger partial charge in [0.25, 0.3) is 0 Å². The van der Waals surface area contributed by atoms with Gasteiger partial charge in [0, 0.05) is 11.6 Å². The van der Waals surface area contributed by atoms with E-state index in [9.17, 15) is 5.11 Å². The Morgan fingerprint density at radius 3 is 2.88 bits per heavy atom. The molecule has 1 aliphatic rings. The standard InChI is InChI=1S/C14H21NO/c1-4-8(2)11-7-9(3)10-5-6-12(15)13(10)14(11)16/h7-8,12,16H,4-6,15H2,1-3H3/t8-,12+/m0/s1. The summed E-state index contributed by atoms with van der Waals surface area (Å²) in [6, 6.07) is 2.16. The van der Waals surface area contributed by atoms with Crippen molar-refractivity contribution >= 4 is 0 Å². The van der Waals surface area contributed by atoms with Crippen LogP contribution in [0.4, 0.5) is 0 Å². The molecule has 0 fully saturated rings. The number of phenols is 1. The van der Waals surface area contributed by atoms with Crippen LogP contribution in [-0.4, -0.2) is 5.11 Å². The number of aromatic hydroxyl groups is 1. The van der Waals surface area contributed by atoms with E-state index in [1.807, 2.05) is 0 Å². The monoisotopic (exact) mass is 219 g/mol. The third-order valence-electron chi connectivity index (χ3n) is 3.92. The molecule has 0 aromatic heterocycles. The van der Waals surface area contributed by atoms with Gasteiger partial charge < -0.3 is 10.8 Å². The van der Waals surface area contributed by atoms with Gasteiger partial charge in [-0.05, 0) is 48.8 Å². The van der Waals surface area contributed by atoms with Gasteiger partial charge in [-0.3, -0.25) is 0 Å². The Bertz CT molecular complexity index is 412. The van der Waals surface area contributed by atoms with Crippen LogP contribution < -0.4 is 5.73 Å². The number of fused-ring (bicyclic) bond motifs is 1. The highest BCUT2D eigenvalue weighted by Crippen LogP contribution is 2.42. The predicted molar refractivity (Wildman–Crippen MR) is 66.8 cm³/mol. The Morgan fingerprint density at radius 2 is 2.25 bits per heavy atom. The average Bonchev–Trinajstić information content (AvgIpc) is 2.65. The smallest absolute Gasteiger partial charge is 0.124 e. The van der Waals surface area contributed by atoms with E-state index in [4.69, 9.17) is 5.73 Å². The lowest BCUT2D eigenvalue weighted by Gasteiger charge is -2.18. The number of hydrogen-bond donors (Lipinski definition) is 2. The van der Waals surface area contributed by atoms with E-state index < -0.39 is 0 Å². The number of nitrogens with two attached hydrogens (primary N) is 1. The zero-order chi connectivity index (χ0) is 11.9. The van der Waals surface area contributed by atoms with E-state index in [-0.39, 0.29) is 6.04 Å². The summed E-state index contributed by atoms with van der Waals surface area (Å²) in [4.78, 5) is 0. The van der Waals surface area contributed by atoms with Crippen LogP contribution in [-0.2, 0) is 6.42 Å². The summed E-state index contributed by atoms with van der Waals surface area (Å²) >= 11 is 0. The molecule has 0 amide bonds. The largest absolute Gasteiger partial charge is 0.507 e. The molecule has 2 heteroatoms. The molecule has 2 atom stereocenters. The molecule has 1 aliphatic carbocycles. The van der Waals surface area contributed by atoms with Crippen molar-refractivity contribution in [3.8, 4) is 5.75 Å². The van der Waals surface area contributed by atoms with Crippen molar-refractivity contribution in [3.05, 3.63) is 28.3 Å². The third kappa shape index (κ3) is 1.61. The molecule has 0 spiro atoms. The van der Waals surface area contributed by atoms with Crippen LogP contribution in [0.2, 0.25) is 0 Å². The fourth-order valence-electron chi connectivity index (χ4n) is 2.67. The molecule has 88 valence electrons. The molecule has 0 bridgehead atoms. The van der Waals surface area contributed by atoms with Gasteiger partial charge in [0.05, 0.1) is 0 Å². The normalized spacial score (nSPS) is 20.9. The van der Waals surface area contributed by atoms with Crippen LogP contribution in [0.15, 0.2) is 6.07 Å². The van der Waals surface area contributed by atoms with Gasteiger partial charge in [-0.15, -0.1) is 0 Å². The van der Waals surface area contributed by atoms with Crippen molar-refractivity contribution in [1.29, 1.82) is 0 Å². The van der Waals surface area contributed by atoms with Gasteiger partial charge >= 0.3 is 0 Å². The van der Waals surface area contributed by atoms with Crippen molar-refractivity contribution in [3.63, 3.8) is 0 Å². The molecule has 0 heterocycles. The number of rotatable bonds is 2. The summed E-state index contributed by atoms with van der Waals surface area (Å²) in [6.07, 6.45) is 3.02. The van der Waals surface area contributed by atoms with Gasteiger partial charge in [0.15, 0.2) is 0 Å². The molecule has 0 saturated heterocycles. The maximum atomic E-state index is 10.3. The van der Waals surface area contributed by atoms with E-state index in [1.54, 1.807) is 0 Å². The molecule has 1 aromatic rings. The summed E-state index contributed by atoms with van der Waals surface area (Å²) in [5.41, 5.74) is 10.7. The molecule has 0 saturated carbocycles. The fourth-order valence-corrected chi connectivity index (χ4v) is 2.67. The minimum absolute atomic E-state index is 0.0257. The average molecular weight is 219 g/mol. The molecule has 0 radical (unpaired) electrons. The molecular formula is C14H21NO. The Labute approximate surface area is 97.5 Å². The van der Waals surface area contributed by atoms with E-state index in [0.717, 1.165) is 30.4 Å². The van der Waals surface area contributed by atoms with Gasteiger partial charge in [-0.25, -0.2) is 0 Å². The second-order valence-electron chi connectivity index (χ2n) is 4.98. The van der Waals surface area contributed by atoms with Crippen molar-refractivity contribution < 1.29 is 5.11 Å². The summed E-state index contributed by atoms with van der Waals surface area (Å²) in [5.74, 6) is 0.858. The van der Waals surface area contributed by atoms with Crippen LogP contribution >= 0.6 is 0 Å². The molecule has 2 nitrogen and oxygen atoms in total. The quantitative estimate of drug-likeness (QED) is 0.802. The predicted octanol–water partition coefficient (Wildman–Crippen LogP) is 3.16. The summed E-state index contributed by atoms with van der Waals surface area (Å²) in [5, 5.41) is 10.3. The second kappa shape index (κ2) is 4.10. The van der Waals surface area contributed by atoms with Gasteiger partial charge in [0.1, 0.15) is 5.75 Å². The first-order valence-electron chi connectivity index (χ1n) is 6.17. The lowest BCUT2D eigenvalue weighted by molar-refractivity contribution is 0.450. The summed E-state index contributed by atoms with van der Waals surface area (Å²) in [6.45, 7) is 6.43. The van der Waals surface area contributed by atoms with Crippen LogP contribution in [0.5, 0.6) is 5.75 Å². The van der Waals surface area contributed by atoms with Gasteiger partial charge in [0.2, 0.25) is 0 Å². The Morgan fingerprint density at radius 1 is 1.56 bits per heavy atom. The van der Waals surface area contributed by atoms with E-state index in [0.29, 0.717) is 11.7 Å². The highest BCUT2D eigenvalue weighted by molar-refractivity contribution is 5.54. The first-order chi connectivity index (χ1) is 7.56. The Hall–Kier alpha value is -1.02. The van der Waals surface area contributed by atoms with E-state index in [2.05, 4.69) is 26.8 Å². The molecule has 2 rings (SSSR count). The highest BCUT2D eigenvalue weighted by atomic mass is 16.3. The van der Waals surface area contributed by atoms with Crippen LogP contribution in [0.1, 0.15) is 60.9 Å². The minimum atomic E-state index is 0.0257. The molecule has 16 heavy (non-hydrogen) atoms. The Balaban J connectivity index is 2.59.